The molecule has 1 fully saturated rings. The van der Waals surface area contributed by atoms with E-state index in [0.717, 1.165) is 23.7 Å². The Balaban J connectivity index is 1.76. The minimum atomic E-state index is -0.208. The van der Waals surface area contributed by atoms with E-state index in [1.807, 2.05) is 18.2 Å². The Kier molecular flexibility index (Phi) is 4.36. The highest BCUT2D eigenvalue weighted by atomic mass is 79.9. The number of benzene rings is 1. The summed E-state index contributed by atoms with van der Waals surface area (Å²) in [7, 11) is 0. The first-order valence-electron chi connectivity index (χ1n) is 5.98. The average Bonchev–Trinajstić information content (AvgIpc) is 2.24. The molecule has 1 aromatic carbocycles. The van der Waals surface area contributed by atoms with Gasteiger partial charge in [0, 0.05) is 16.1 Å². The van der Waals surface area contributed by atoms with E-state index in [0.29, 0.717) is 5.69 Å². The van der Waals surface area contributed by atoms with Crippen LogP contribution in [0.2, 0.25) is 0 Å². The van der Waals surface area contributed by atoms with Gasteiger partial charge in [-0.05, 0) is 31.0 Å². The van der Waals surface area contributed by atoms with Crippen molar-refractivity contribution < 1.29 is 9.59 Å². The summed E-state index contributed by atoms with van der Waals surface area (Å²) < 4.78 is 0.902. The molecule has 4 nitrogen and oxygen atoms in total. The SMILES string of the molecule is O=C(CNC(=O)C1CCC1)Nc1cccc(Br)c1. The van der Waals surface area contributed by atoms with E-state index in [2.05, 4.69) is 26.6 Å². The highest BCUT2D eigenvalue weighted by molar-refractivity contribution is 9.10. The summed E-state index contributed by atoms with van der Waals surface area (Å²) >= 11 is 3.33. The molecule has 1 aromatic rings. The molecule has 2 N–H and O–H groups in total. The molecule has 0 aliphatic heterocycles. The quantitative estimate of drug-likeness (QED) is 0.896. The number of hydrogen-bond donors (Lipinski definition) is 2. The Morgan fingerprint density at radius 1 is 1.33 bits per heavy atom. The molecule has 0 aromatic heterocycles. The van der Waals surface area contributed by atoms with Crippen molar-refractivity contribution in [1.29, 1.82) is 0 Å². The Bertz CT molecular complexity index is 458. The monoisotopic (exact) mass is 310 g/mol. The van der Waals surface area contributed by atoms with Crippen molar-refractivity contribution in [1.82, 2.24) is 5.32 Å². The zero-order valence-corrected chi connectivity index (χ0v) is 11.5. The van der Waals surface area contributed by atoms with Crippen LogP contribution in [0.3, 0.4) is 0 Å². The minimum absolute atomic E-state index is 0.00866. The Morgan fingerprint density at radius 2 is 2.11 bits per heavy atom. The normalized spacial score (nSPS) is 14.7. The van der Waals surface area contributed by atoms with Gasteiger partial charge in [-0.3, -0.25) is 9.59 Å². The maximum Gasteiger partial charge on any atom is 0.243 e. The van der Waals surface area contributed by atoms with E-state index in [4.69, 9.17) is 0 Å². The fourth-order valence-corrected chi connectivity index (χ4v) is 2.15. The molecule has 0 spiro atoms. The molecule has 96 valence electrons. The summed E-state index contributed by atoms with van der Waals surface area (Å²) in [6.07, 6.45) is 3.00. The molecule has 0 heterocycles. The largest absolute Gasteiger partial charge is 0.347 e. The van der Waals surface area contributed by atoms with Crippen LogP contribution < -0.4 is 10.6 Å². The number of amides is 2. The molecule has 1 aliphatic carbocycles. The lowest BCUT2D eigenvalue weighted by Crippen LogP contribution is -2.39. The van der Waals surface area contributed by atoms with Gasteiger partial charge < -0.3 is 10.6 Å². The third-order valence-electron chi connectivity index (χ3n) is 3.01. The van der Waals surface area contributed by atoms with Crippen LogP contribution in [0.25, 0.3) is 0 Å². The standard InChI is InChI=1S/C13H15BrN2O2/c14-10-5-2-6-11(7-10)16-12(17)8-15-13(18)9-3-1-4-9/h2,5-7,9H,1,3-4,8H2,(H,15,18)(H,16,17). The number of carbonyl (C=O) groups is 2. The zero-order valence-electron chi connectivity index (χ0n) is 9.91. The van der Waals surface area contributed by atoms with Gasteiger partial charge in [-0.1, -0.05) is 28.4 Å². The van der Waals surface area contributed by atoms with Crippen molar-refractivity contribution in [3.8, 4) is 0 Å². The minimum Gasteiger partial charge on any atom is -0.347 e. The van der Waals surface area contributed by atoms with Gasteiger partial charge in [-0.2, -0.15) is 0 Å². The molecule has 0 atom stereocenters. The summed E-state index contributed by atoms with van der Waals surface area (Å²) in [6.45, 7) is 0.0296. The van der Waals surface area contributed by atoms with Crippen LogP contribution in [0.4, 0.5) is 5.69 Å². The summed E-state index contributed by atoms with van der Waals surface area (Å²) in [5, 5.41) is 5.39. The van der Waals surface area contributed by atoms with Gasteiger partial charge in [-0.25, -0.2) is 0 Å². The molecule has 5 heteroatoms. The maximum atomic E-state index is 11.6. The van der Waals surface area contributed by atoms with Gasteiger partial charge in [0.1, 0.15) is 0 Å². The van der Waals surface area contributed by atoms with E-state index in [-0.39, 0.29) is 24.3 Å². The van der Waals surface area contributed by atoms with E-state index >= 15 is 0 Å². The molecule has 1 aliphatic rings. The Hall–Kier alpha value is -1.36. The van der Waals surface area contributed by atoms with Gasteiger partial charge in [0.25, 0.3) is 0 Å². The van der Waals surface area contributed by atoms with Crippen LogP contribution in [-0.2, 0) is 9.59 Å². The molecule has 18 heavy (non-hydrogen) atoms. The van der Waals surface area contributed by atoms with Gasteiger partial charge >= 0.3 is 0 Å². The van der Waals surface area contributed by atoms with Gasteiger partial charge in [0.15, 0.2) is 0 Å². The molecular formula is C13H15BrN2O2. The number of halogens is 1. The number of anilines is 1. The van der Waals surface area contributed by atoms with E-state index in [1.54, 1.807) is 6.07 Å². The van der Waals surface area contributed by atoms with Crippen molar-refractivity contribution in [3.05, 3.63) is 28.7 Å². The van der Waals surface area contributed by atoms with E-state index in [9.17, 15) is 9.59 Å². The third-order valence-corrected chi connectivity index (χ3v) is 3.50. The second-order valence-electron chi connectivity index (χ2n) is 4.40. The zero-order chi connectivity index (χ0) is 13.0. The highest BCUT2D eigenvalue weighted by Crippen LogP contribution is 2.26. The van der Waals surface area contributed by atoms with Gasteiger partial charge in [0.05, 0.1) is 6.54 Å². The Morgan fingerprint density at radius 3 is 2.72 bits per heavy atom. The summed E-state index contributed by atoms with van der Waals surface area (Å²) in [4.78, 5) is 23.2. The molecular weight excluding hydrogens is 296 g/mol. The summed E-state index contributed by atoms with van der Waals surface area (Å²) in [5.41, 5.74) is 0.715. The fraction of sp³-hybridized carbons (Fsp3) is 0.385. The highest BCUT2D eigenvalue weighted by Gasteiger charge is 2.25. The van der Waals surface area contributed by atoms with Gasteiger partial charge in [0.2, 0.25) is 11.8 Å². The second kappa shape index (κ2) is 6.00. The Labute approximate surface area is 114 Å². The van der Waals surface area contributed by atoms with E-state index in [1.165, 1.54) is 0 Å². The van der Waals surface area contributed by atoms with E-state index < -0.39 is 0 Å². The number of nitrogens with one attached hydrogen (secondary N) is 2. The lowest BCUT2D eigenvalue weighted by Gasteiger charge is -2.23. The summed E-state index contributed by atoms with van der Waals surface area (Å²) in [6, 6.07) is 7.34. The average molecular weight is 311 g/mol. The lowest BCUT2D eigenvalue weighted by molar-refractivity contribution is -0.129. The maximum absolute atomic E-state index is 11.6. The van der Waals surface area contributed by atoms with Crippen LogP contribution in [0.5, 0.6) is 0 Å². The number of carbonyl (C=O) groups excluding carboxylic acids is 2. The topological polar surface area (TPSA) is 58.2 Å². The fourth-order valence-electron chi connectivity index (χ4n) is 1.75. The molecule has 0 bridgehead atoms. The molecule has 0 unspecified atom stereocenters. The molecule has 0 saturated heterocycles. The molecule has 2 amide bonds. The third kappa shape index (κ3) is 3.57. The van der Waals surface area contributed by atoms with Crippen LogP contribution in [0, 0.1) is 5.92 Å². The van der Waals surface area contributed by atoms with Crippen molar-refractivity contribution in [2.45, 2.75) is 19.3 Å². The van der Waals surface area contributed by atoms with Crippen LogP contribution in [0.15, 0.2) is 28.7 Å². The first-order valence-corrected chi connectivity index (χ1v) is 6.77. The predicted octanol–water partition coefficient (Wildman–Crippen LogP) is 2.30. The van der Waals surface area contributed by atoms with Crippen molar-refractivity contribution >= 4 is 33.4 Å². The van der Waals surface area contributed by atoms with Crippen molar-refractivity contribution in [2.75, 3.05) is 11.9 Å². The van der Waals surface area contributed by atoms with Gasteiger partial charge in [-0.15, -0.1) is 0 Å². The predicted molar refractivity (Wildman–Crippen MR) is 73.1 cm³/mol. The first-order chi connectivity index (χ1) is 8.65. The number of rotatable bonds is 4. The first kappa shape index (κ1) is 13.1. The van der Waals surface area contributed by atoms with Crippen molar-refractivity contribution in [3.63, 3.8) is 0 Å². The van der Waals surface area contributed by atoms with Crippen LogP contribution in [-0.4, -0.2) is 18.4 Å². The van der Waals surface area contributed by atoms with Crippen molar-refractivity contribution in [2.24, 2.45) is 5.92 Å². The molecule has 1 saturated carbocycles. The summed E-state index contributed by atoms with van der Waals surface area (Å²) in [5.74, 6) is -0.102. The number of hydrogen-bond acceptors (Lipinski definition) is 2. The lowest BCUT2D eigenvalue weighted by atomic mass is 9.85. The van der Waals surface area contributed by atoms with Crippen LogP contribution >= 0.6 is 15.9 Å². The second-order valence-corrected chi connectivity index (χ2v) is 5.32. The molecule has 2 rings (SSSR count). The van der Waals surface area contributed by atoms with Crippen LogP contribution in [0.1, 0.15) is 19.3 Å². The smallest absolute Gasteiger partial charge is 0.243 e. The molecule has 0 radical (unpaired) electrons.